The molecule has 0 unspecified atom stereocenters. The summed E-state index contributed by atoms with van der Waals surface area (Å²) < 4.78 is 15.7. The highest BCUT2D eigenvalue weighted by molar-refractivity contribution is 5.88. The lowest BCUT2D eigenvalue weighted by atomic mass is 10.0. The summed E-state index contributed by atoms with van der Waals surface area (Å²) in [4.78, 5) is 51.6. The van der Waals surface area contributed by atoms with Gasteiger partial charge in [-0.05, 0) is 48.5 Å². The second-order valence-corrected chi connectivity index (χ2v) is 8.17. The normalized spacial score (nSPS) is 20.7. The molecule has 0 aromatic carbocycles. The standard InChI is InChI=1S/C18H30N2O7/c1-8-25-14(22)13-12(11-21)19(15(23)26-17(2,3)4)9-10-20(13)16(24)27-18(5,6)7/h11-13H,8-10H2,1-7H3/t12-,13+/m1/s1. The molecule has 0 radical (unpaired) electrons. The van der Waals surface area contributed by atoms with E-state index in [0.29, 0.717) is 6.29 Å². The van der Waals surface area contributed by atoms with Gasteiger partial charge in [-0.15, -0.1) is 0 Å². The number of carbonyl (C=O) groups excluding carboxylic acids is 4. The lowest BCUT2D eigenvalue weighted by molar-refractivity contribution is -0.155. The molecule has 1 saturated heterocycles. The topological polar surface area (TPSA) is 102 Å². The van der Waals surface area contributed by atoms with Gasteiger partial charge in [0.15, 0.2) is 6.04 Å². The van der Waals surface area contributed by atoms with Crippen molar-refractivity contribution in [1.82, 2.24) is 9.80 Å². The lowest BCUT2D eigenvalue weighted by Gasteiger charge is -2.43. The monoisotopic (exact) mass is 386 g/mol. The highest BCUT2D eigenvalue weighted by atomic mass is 16.6. The van der Waals surface area contributed by atoms with E-state index in [1.807, 2.05) is 0 Å². The van der Waals surface area contributed by atoms with Crippen LogP contribution in [0.2, 0.25) is 0 Å². The average molecular weight is 386 g/mol. The van der Waals surface area contributed by atoms with E-state index < -0.39 is 41.4 Å². The molecule has 1 fully saturated rings. The fourth-order valence-electron chi connectivity index (χ4n) is 2.56. The first-order valence-corrected chi connectivity index (χ1v) is 8.92. The number of ether oxygens (including phenoxy) is 3. The zero-order valence-electron chi connectivity index (χ0n) is 17.1. The number of amides is 2. The molecule has 0 spiro atoms. The van der Waals surface area contributed by atoms with Gasteiger partial charge >= 0.3 is 18.2 Å². The van der Waals surface area contributed by atoms with Gasteiger partial charge in [-0.2, -0.15) is 0 Å². The first-order valence-electron chi connectivity index (χ1n) is 8.92. The molecule has 1 aliphatic heterocycles. The van der Waals surface area contributed by atoms with Crippen molar-refractivity contribution in [3.8, 4) is 0 Å². The van der Waals surface area contributed by atoms with Crippen LogP contribution in [0.1, 0.15) is 48.5 Å². The SMILES string of the molecule is CCOC(=O)[C@@H]1[C@@H](C=O)N(C(=O)OC(C)(C)C)CCN1C(=O)OC(C)(C)C. The number of piperazine rings is 1. The third-order valence-electron chi connectivity index (χ3n) is 3.52. The first kappa shape index (κ1) is 22.7. The number of rotatable bonds is 3. The molecular formula is C18H30N2O7. The van der Waals surface area contributed by atoms with Crippen LogP contribution in [0.15, 0.2) is 0 Å². The number of hydrogen-bond donors (Lipinski definition) is 0. The summed E-state index contributed by atoms with van der Waals surface area (Å²) in [5.41, 5.74) is -1.55. The van der Waals surface area contributed by atoms with Crippen LogP contribution in [0.4, 0.5) is 9.59 Å². The second kappa shape index (κ2) is 8.58. The number of esters is 1. The Morgan fingerprint density at radius 3 is 1.78 bits per heavy atom. The molecule has 1 heterocycles. The second-order valence-electron chi connectivity index (χ2n) is 8.17. The molecule has 9 heteroatoms. The Morgan fingerprint density at radius 1 is 0.926 bits per heavy atom. The minimum atomic E-state index is -1.31. The first-order chi connectivity index (χ1) is 12.3. The highest BCUT2D eigenvalue weighted by Gasteiger charge is 2.48. The third kappa shape index (κ3) is 6.41. The molecule has 0 aromatic heterocycles. The highest BCUT2D eigenvalue weighted by Crippen LogP contribution is 2.23. The van der Waals surface area contributed by atoms with Gasteiger partial charge in [0, 0.05) is 13.1 Å². The van der Waals surface area contributed by atoms with Crippen molar-refractivity contribution in [2.75, 3.05) is 19.7 Å². The third-order valence-corrected chi connectivity index (χ3v) is 3.52. The van der Waals surface area contributed by atoms with E-state index in [1.165, 1.54) is 0 Å². The fourth-order valence-corrected chi connectivity index (χ4v) is 2.56. The molecule has 9 nitrogen and oxygen atoms in total. The molecule has 154 valence electrons. The quantitative estimate of drug-likeness (QED) is 0.415. The molecule has 0 bridgehead atoms. The van der Waals surface area contributed by atoms with Gasteiger partial charge in [0.05, 0.1) is 6.61 Å². The zero-order valence-corrected chi connectivity index (χ0v) is 17.1. The van der Waals surface area contributed by atoms with Crippen molar-refractivity contribution in [3.05, 3.63) is 0 Å². The minimum absolute atomic E-state index is 0.00196. The summed E-state index contributed by atoms with van der Waals surface area (Å²) in [6, 6.07) is -2.54. The van der Waals surface area contributed by atoms with E-state index in [4.69, 9.17) is 14.2 Å². The predicted octanol–water partition coefficient (Wildman–Crippen LogP) is 1.97. The number of carbonyl (C=O) groups is 4. The van der Waals surface area contributed by atoms with Crippen LogP contribution in [-0.4, -0.2) is 77.2 Å². The van der Waals surface area contributed by atoms with Gasteiger partial charge in [-0.25, -0.2) is 14.4 Å². The maximum atomic E-state index is 12.5. The summed E-state index contributed by atoms with van der Waals surface area (Å²) in [6.45, 7) is 11.9. The minimum Gasteiger partial charge on any atom is -0.464 e. The largest absolute Gasteiger partial charge is 0.464 e. The van der Waals surface area contributed by atoms with Crippen molar-refractivity contribution < 1.29 is 33.4 Å². The summed E-state index contributed by atoms with van der Waals surface area (Å²) in [5.74, 6) is -0.784. The Balaban J connectivity index is 3.17. The Labute approximate surface area is 159 Å². The molecule has 0 N–H and O–H groups in total. The molecule has 1 aliphatic rings. The Hall–Kier alpha value is -2.32. The van der Waals surface area contributed by atoms with Gasteiger partial charge in [0.25, 0.3) is 0 Å². The predicted molar refractivity (Wildman–Crippen MR) is 96.2 cm³/mol. The van der Waals surface area contributed by atoms with E-state index in [0.717, 1.165) is 9.80 Å². The molecule has 2 amide bonds. The molecule has 0 saturated carbocycles. The van der Waals surface area contributed by atoms with Crippen LogP contribution < -0.4 is 0 Å². The Bertz CT molecular complexity index is 577. The van der Waals surface area contributed by atoms with Crippen LogP contribution >= 0.6 is 0 Å². The van der Waals surface area contributed by atoms with Crippen molar-refractivity contribution in [2.24, 2.45) is 0 Å². The zero-order chi connectivity index (χ0) is 21.0. The fraction of sp³-hybridized carbons (Fsp3) is 0.778. The van der Waals surface area contributed by atoms with E-state index in [1.54, 1.807) is 48.5 Å². The summed E-state index contributed by atoms with van der Waals surface area (Å²) in [7, 11) is 0. The Morgan fingerprint density at radius 2 is 1.37 bits per heavy atom. The number of aldehydes is 1. The molecule has 0 aromatic rings. The summed E-state index contributed by atoms with van der Waals surface area (Å²) in [5, 5.41) is 0. The van der Waals surface area contributed by atoms with Crippen LogP contribution in [-0.2, 0) is 23.8 Å². The maximum absolute atomic E-state index is 12.5. The van der Waals surface area contributed by atoms with Crippen molar-refractivity contribution in [1.29, 1.82) is 0 Å². The number of nitrogens with zero attached hydrogens (tertiary/aromatic N) is 2. The van der Waals surface area contributed by atoms with E-state index >= 15 is 0 Å². The molecule has 2 atom stereocenters. The lowest BCUT2D eigenvalue weighted by Crippen LogP contribution is -2.66. The smallest absolute Gasteiger partial charge is 0.411 e. The number of hydrogen-bond acceptors (Lipinski definition) is 7. The van der Waals surface area contributed by atoms with E-state index in [2.05, 4.69) is 0 Å². The van der Waals surface area contributed by atoms with Crippen LogP contribution in [0.3, 0.4) is 0 Å². The van der Waals surface area contributed by atoms with E-state index in [-0.39, 0.29) is 19.7 Å². The molecule has 0 aliphatic carbocycles. The molecule has 27 heavy (non-hydrogen) atoms. The van der Waals surface area contributed by atoms with Crippen molar-refractivity contribution in [2.45, 2.75) is 71.8 Å². The average Bonchev–Trinajstić information content (AvgIpc) is 2.50. The summed E-state index contributed by atoms with van der Waals surface area (Å²) >= 11 is 0. The van der Waals surface area contributed by atoms with Crippen LogP contribution in [0, 0.1) is 0 Å². The van der Waals surface area contributed by atoms with Crippen LogP contribution in [0.5, 0.6) is 0 Å². The van der Waals surface area contributed by atoms with Crippen LogP contribution in [0.25, 0.3) is 0 Å². The Kier molecular flexibility index (Phi) is 7.22. The van der Waals surface area contributed by atoms with Crippen molar-refractivity contribution in [3.63, 3.8) is 0 Å². The van der Waals surface area contributed by atoms with Gasteiger partial charge < -0.3 is 19.0 Å². The van der Waals surface area contributed by atoms with E-state index in [9.17, 15) is 19.2 Å². The van der Waals surface area contributed by atoms with Gasteiger partial charge in [0.1, 0.15) is 23.5 Å². The molecular weight excluding hydrogens is 356 g/mol. The van der Waals surface area contributed by atoms with Gasteiger partial charge in [-0.1, -0.05) is 0 Å². The van der Waals surface area contributed by atoms with Gasteiger partial charge in [-0.3, -0.25) is 9.80 Å². The van der Waals surface area contributed by atoms with Gasteiger partial charge in [0.2, 0.25) is 0 Å². The van der Waals surface area contributed by atoms with Crippen molar-refractivity contribution >= 4 is 24.4 Å². The maximum Gasteiger partial charge on any atom is 0.411 e. The molecule has 1 rings (SSSR count). The summed E-state index contributed by atoms with van der Waals surface area (Å²) in [6.07, 6.45) is -1.05.